The first kappa shape index (κ1) is 22.2. The van der Waals surface area contributed by atoms with Gasteiger partial charge in [-0.1, -0.05) is 18.6 Å². The van der Waals surface area contributed by atoms with Gasteiger partial charge in [-0.25, -0.2) is 15.0 Å². The fraction of sp³-hybridized carbons (Fsp3) is 0.280. The Morgan fingerprint density at radius 2 is 2.12 bits per heavy atom. The number of hydrogen-bond donors (Lipinski definition) is 2. The van der Waals surface area contributed by atoms with E-state index in [-0.39, 0.29) is 12.5 Å². The average molecular weight is 476 g/mol. The molecule has 3 heterocycles. The molecule has 34 heavy (non-hydrogen) atoms. The Kier molecular flexibility index (Phi) is 6.64. The number of aryl methyl sites for hydroxylation is 1. The highest BCUT2D eigenvalue weighted by Crippen LogP contribution is 2.27. The van der Waals surface area contributed by atoms with E-state index in [1.54, 1.807) is 18.3 Å². The van der Waals surface area contributed by atoms with Crippen molar-refractivity contribution >= 4 is 23.1 Å². The second kappa shape index (κ2) is 10.1. The molecule has 2 N–H and O–H groups in total. The van der Waals surface area contributed by atoms with E-state index < -0.39 is 0 Å². The molecule has 1 fully saturated rings. The Bertz CT molecular complexity index is 1270. The number of furan rings is 1. The molecule has 1 aromatic carbocycles. The Morgan fingerprint density at radius 1 is 1.21 bits per heavy atom. The zero-order valence-corrected chi connectivity index (χ0v) is 19.6. The van der Waals surface area contributed by atoms with Crippen molar-refractivity contribution < 1.29 is 13.9 Å². The molecule has 0 radical (unpaired) electrons. The van der Waals surface area contributed by atoms with E-state index in [0.29, 0.717) is 34.9 Å². The van der Waals surface area contributed by atoms with Crippen LogP contribution in [0.15, 0.2) is 58.5 Å². The number of amides is 1. The van der Waals surface area contributed by atoms with Crippen LogP contribution < -0.4 is 15.4 Å². The maximum Gasteiger partial charge on any atom is 0.263 e. The van der Waals surface area contributed by atoms with E-state index >= 15 is 0 Å². The van der Waals surface area contributed by atoms with Gasteiger partial charge >= 0.3 is 0 Å². The number of nitrogens with one attached hydrogen (secondary N) is 2. The van der Waals surface area contributed by atoms with Crippen molar-refractivity contribution in [3.8, 4) is 28.0 Å². The van der Waals surface area contributed by atoms with Crippen LogP contribution in [0.5, 0.6) is 5.75 Å². The number of hydrogen-bond acceptors (Lipinski definition) is 8. The highest BCUT2D eigenvalue weighted by molar-refractivity contribution is 7.13. The summed E-state index contributed by atoms with van der Waals surface area (Å²) in [5.41, 5.74) is 1.74. The van der Waals surface area contributed by atoms with Crippen molar-refractivity contribution in [2.45, 2.75) is 38.8 Å². The van der Waals surface area contributed by atoms with Crippen molar-refractivity contribution in [1.29, 1.82) is 0 Å². The number of thiazole rings is 1. The highest BCUT2D eigenvalue weighted by Gasteiger charge is 2.17. The van der Waals surface area contributed by atoms with Crippen molar-refractivity contribution in [3.05, 3.63) is 65.4 Å². The molecule has 1 amide bonds. The molecule has 0 bridgehead atoms. The molecule has 0 aliphatic heterocycles. The number of carbonyl (C=O) groups is 1. The lowest BCUT2D eigenvalue weighted by Gasteiger charge is -2.26. The predicted octanol–water partition coefficient (Wildman–Crippen LogP) is 4.83. The van der Waals surface area contributed by atoms with Crippen LogP contribution in [0.3, 0.4) is 0 Å². The second-order valence-corrected chi connectivity index (χ2v) is 9.10. The number of aromatic nitrogens is 3. The molecule has 1 aliphatic rings. The minimum absolute atomic E-state index is 0.134. The lowest BCUT2D eigenvalue weighted by atomic mass is 9.93. The van der Waals surface area contributed by atoms with Crippen molar-refractivity contribution in [2.24, 2.45) is 0 Å². The van der Waals surface area contributed by atoms with Gasteiger partial charge in [0.2, 0.25) is 0 Å². The molecular weight excluding hydrogens is 450 g/mol. The molecule has 3 aromatic heterocycles. The monoisotopic (exact) mass is 475 g/mol. The van der Waals surface area contributed by atoms with Crippen LogP contribution >= 0.6 is 11.3 Å². The normalized spacial score (nSPS) is 13.4. The minimum Gasteiger partial charge on any atom is -0.484 e. The third-order valence-electron chi connectivity index (χ3n) is 5.57. The van der Waals surface area contributed by atoms with E-state index in [9.17, 15) is 4.79 Å². The van der Waals surface area contributed by atoms with Gasteiger partial charge in [0.25, 0.3) is 5.91 Å². The second-order valence-electron chi connectivity index (χ2n) is 8.20. The molecule has 1 aliphatic carbocycles. The lowest BCUT2D eigenvalue weighted by Crippen LogP contribution is -2.34. The fourth-order valence-electron chi connectivity index (χ4n) is 3.58. The SMILES string of the molecule is Cc1ccc(-c2nc(NC(=O)COc3cccc(CNC4CCC4)c3)cc(-c3nccs3)n2)o1. The van der Waals surface area contributed by atoms with Crippen molar-refractivity contribution in [2.75, 3.05) is 11.9 Å². The Balaban J connectivity index is 1.25. The molecule has 0 saturated heterocycles. The van der Waals surface area contributed by atoms with Gasteiger partial charge in [-0.15, -0.1) is 11.3 Å². The van der Waals surface area contributed by atoms with Gasteiger partial charge in [0, 0.05) is 30.2 Å². The topological polar surface area (TPSA) is 102 Å². The van der Waals surface area contributed by atoms with Crippen LogP contribution in [0.2, 0.25) is 0 Å². The number of rotatable bonds is 9. The van der Waals surface area contributed by atoms with E-state index in [1.807, 2.05) is 36.6 Å². The third kappa shape index (κ3) is 5.49. The van der Waals surface area contributed by atoms with E-state index in [4.69, 9.17) is 9.15 Å². The maximum absolute atomic E-state index is 12.6. The molecule has 5 rings (SSSR count). The number of carbonyl (C=O) groups excluding carboxylic acids is 1. The lowest BCUT2D eigenvalue weighted by molar-refractivity contribution is -0.118. The first-order valence-electron chi connectivity index (χ1n) is 11.2. The van der Waals surface area contributed by atoms with Crippen LogP contribution in [0.25, 0.3) is 22.3 Å². The average Bonchev–Trinajstić information content (AvgIpc) is 3.49. The van der Waals surface area contributed by atoms with Gasteiger partial charge in [0.1, 0.15) is 28.0 Å². The van der Waals surface area contributed by atoms with Gasteiger partial charge in [-0.2, -0.15) is 0 Å². The smallest absolute Gasteiger partial charge is 0.263 e. The zero-order valence-electron chi connectivity index (χ0n) is 18.8. The molecule has 0 atom stereocenters. The summed E-state index contributed by atoms with van der Waals surface area (Å²) < 4.78 is 11.4. The quantitative estimate of drug-likeness (QED) is 0.357. The molecule has 0 unspecified atom stereocenters. The maximum atomic E-state index is 12.6. The zero-order chi connectivity index (χ0) is 23.3. The number of nitrogens with zero attached hydrogens (tertiary/aromatic N) is 3. The van der Waals surface area contributed by atoms with Crippen molar-refractivity contribution in [1.82, 2.24) is 20.3 Å². The largest absolute Gasteiger partial charge is 0.484 e. The Hall–Kier alpha value is -3.56. The van der Waals surface area contributed by atoms with Crippen LogP contribution in [-0.2, 0) is 11.3 Å². The van der Waals surface area contributed by atoms with Gasteiger partial charge in [-0.05, 0) is 49.6 Å². The first-order chi connectivity index (χ1) is 16.6. The number of anilines is 1. The van der Waals surface area contributed by atoms with Crippen LogP contribution in [0.1, 0.15) is 30.6 Å². The molecule has 0 spiro atoms. The molecule has 8 nitrogen and oxygen atoms in total. The standard InChI is InChI=1S/C25H25N5O3S/c1-16-8-9-21(33-16)24-28-20(25-26-10-11-34-25)13-22(30-24)29-23(31)15-32-19-7-2-4-17(12-19)14-27-18-5-3-6-18/h2,4,7-13,18,27H,3,5-6,14-15H2,1H3,(H,28,29,30,31). The van der Waals surface area contributed by atoms with Gasteiger partial charge in [0.15, 0.2) is 18.2 Å². The summed E-state index contributed by atoms with van der Waals surface area (Å²) in [5.74, 6) is 2.35. The Morgan fingerprint density at radius 3 is 2.85 bits per heavy atom. The molecule has 1 saturated carbocycles. The van der Waals surface area contributed by atoms with Crippen LogP contribution in [0.4, 0.5) is 5.82 Å². The van der Waals surface area contributed by atoms with Gasteiger partial charge < -0.3 is 19.8 Å². The Labute approximate surface area is 201 Å². The van der Waals surface area contributed by atoms with E-state index in [0.717, 1.165) is 22.9 Å². The molecule has 174 valence electrons. The fourth-order valence-corrected chi connectivity index (χ4v) is 4.18. The van der Waals surface area contributed by atoms with Gasteiger partial charge in [-0.3, -0.25) is 4.79 Å². The summed E-state index contributed by atoms with van der Waals surface area (Å²) in [6.45, 7) is 2.52. The summed E-state index contributed by atoms with van der Waals surface area (Å²) in [6.07, 6.45) is 5.49. The van der Waals surface area contributed by atoms with E-state index in [2.05, 4.69) is 31.7 Å². The van der Waals surface area contributed by atoms with Crippen LogP contribution in [-0.4, -0.2) is 33.5 Å². The van der Waals surface area contributed by atoms with Crippen LogP contribution in [0, 0.1) is 6.92 Å². The molecule has 4 aromatic rings. The third-order valence-corrected chi connectivity index (χ3v) is 6.37. The first-order valence-corrected chi connectivity index (χ1v) is 12.1. The summed E-state index contributed by atoms with van der Waals surface area (Å²) in [5, 5.41) is 8.94. The highest BCUT2D eigenvalue weighted by atomic mass is 32.1. The summed E-state index contributed by atoms with van der Waals surface area (Å²) in [7, 11) is 0. The number of ether oxygens (including phenoxy) is 1. The summed E-state index contributed by atoms with van der Waals surface area (Å²) in [6, 6.07) is 13.8. The predicted molar refractivity (Wildman–Crippen MR) is 131 cm³/mol. The summed E-state index contributed by atoms with van der Waals surface area (Å²) >= 11 is 1.46. The van der Waals surface area contributed by atoms with Gasteiger partial charge in [0.05, 0.1) is 0 Å². The molecular formula is C25H25N5O3S. The minimum atomic E-state index is -0.316. The summed E-state index contributed by atoms with van der Waals surface area (Å²) in [4.78, 5) is 26.0. The van der Waals surface area contributed by atoms with E-state index in [1.165, 1.54) is 30.6 Å². The van der Waals surface area contributed by atoms with Crippen molar-refractivity contribution in [3.63, 3.8) is 0 Å². The molecule has 9 heteroatoms. The number of benzene rings is 1.